The summed E-state index contributed by atoms with van der Waals surface area (Å²) in [4.78, 5) is 14.0. The van der Waals surface area contributed by atoms with Gasteiger partial charge in [-0.3, -0.25) is 4.79 Å². The molecule has 0 unspecified atom stereocenters. The molecule has 0 saturated carbocycles. The van der Waals surface area contributed by atoms with E-state index in [9.17, 15) is 9.18 Å². The van der Waals surface area contributed by atoms with Gasteiger partial charge in [0.15, 0.2) is 0 Å². The van der Waals surface area contributed by atoms with Gasteiger partial charge in [-0.2, -0.15) is 0 Å². The van der Waals surface area contributed by atoms with Crippen molar-refractivity contribution in [3.05, 3.63) is 30.1 Å². The molecule has 2 rings (SSSR count). The molecule has 1 aliphatic rings. The molecule has 116 valence electrons. The Bertz CT molecular complexity index is 471. The molecule has 1 fully saturated rings. The van der Waals surface area contributed by atoms with Crippen LogP contribution in [0.4, 0.5) is 4.39 Å². The molecule has 1 aliphatic heterocycles. The molecule has 1 aromatic rings. The highest BCUT2D eigenvalue weighted by molar-refractivity contribution is 5.76. The van der Waals surface area contributed by atoms with E-state index < -0.39 is 0 Å². The average Bonchev–Trinajstić information content (AvgIpc) is 2.42. The number of benzene rings is 1. The Kier molecular flexibility index (Phi) is 5.56. The minimum atomic E-state index is -0.313. The van der Waals surface area contributed by atoms with Crippen molar-refractivity contribution in [2.45, 2.75) is 38.8 Å². The Balaban J connectivity index is 1.69. The molecule has 0 aromatic heterocycles. The second-order valence-electron chi connectivity index (χ2n) is 5.68. The average molecular weight is 294 g/mol. The van der Waals surface area contributed by atoms with Crippen LogP contribution >= 0.6 is 0 Å². The van der Waals surface area contributed by atoms with E-state index in [1.807, 2.05) is 4.90 Å². The van der Waals surface area contributed by atoms with Gasteiger partial charge in [-0.05, 0) is 32.4 Å². The maximum Gasteiger partial charge on any atom is 0.222 e. The number of nitrogens with one attached hydrogen (secondary N) is 1. The number of hydrogen-bond acceptors (Lipinski definition) is 3. The molecule has 0 aliphatic carbocycles. The van der Waals surface area contributed by atoms with E-state index in [1.54, 1.807) is 12.1 Å². The summed E-state index contributed by atoms with van der Waals surface area (Å²) in [6.07, 6.45) is 1.11. The minimum Gasteiger partial charge on any atom is -0.493 e. The first-order valence-corrected chi connectivity index (χ1v) is 7.47. The predicted octanol–water partition coefficient (Wildman–Crippen LogP) is 2.19. The molecule has 1 heterocycles. The number of hydrogen-bond donors (Lipinski definition) is 1. The number of piperazine rings is 1. The van der Waals surface area contributed by atoms with E-state index in [0.29, 0.717) is 37.3 Å². The SMILES string of the molecule is C[C@@H]1CN(C(=O)CCCOc2cccc(F)c2)C[C@@H](C)N1. The van der Waals surface area contributed by atoms with Crippen LogP contribution < -0.4 is 10.1 Å². The third-order valence-corrected chi connectivity index (χ3v) is 3.51. The highest BCUT2D eigenvalue weighted by Gasteiger charge is 2.24. The van der Waals surface area contributed by atoms with Crippen LogP contribution in [0.1, 0.15) is 26.7 Å². The zero-order chi connectivity index (χ0) is 15.2. The fourth-order valence-electron chi connectivity index (χ4n) is 2.66. The maximum absolute atomic E-state index is 13.0. The fraction of sp³-hybridized carbons (Fsp3) is 0.562. The van der Waals surface area contributed by atoms with Crippen LogP contribution in [0.2, 0.25) is 0 Å². The van der Waals surface area contributed by atoms with Crippen LogP contribution in [0, 0.1) is 5.82 Å². The zero-order valence-electron chi connectivity index (χ0n) is 12.6. The molecule has 1 N–H and O–H groups in total. The number of halogens is 1. The first-order valence-electron chi connectivity index (χ1n) is 7.47. The molecule has 0 spiro atoms. The van der Waals surface area contributed by atoms with Gasteiger partial charge in [0.2, 0.25) is 5.91 Å². The molecule has 4 nitrogen and oxygen atoms in total. The Morgan fingerprint density at radius 2 is 2.10 bits per heavy atom. The summed E-state index contributed by atoms with van der Waals surface area (Å²) in [5.41, 5.74) is 0. The minimum absolute atomic E-state index is 0.165. The summed E-state index contributed by atoms with van der Waals surface area (Å²) in [6, 6.07) is 6.72. The third kappa shape index (κ3) is 5.01. The van der Waals surface area contributed by atoms with Crippen LogP contribution in [0.25, 0.3) is 0 Å². The normalized spacial score (nSPS) is 22.1. The Morgan fingerprint density at radius 1 is 1.38 bits per heavy atom. The molecule has 5 heteroatoms. The van der Waals surface area contributed by atoms with Crippen molar-refractivity contribution in [2.75, 3.05) is 19.7 Å². The van der Waals surface area contributed by atoms with Gasteiger partial charge in [0, 0.05) is 37.7 Å². The lowest BCUT2D eigenvalue weighted by Crippen LogP contribution is -2.55. The van der Waals surface area contributed by atoms with Crippen LogP contribution in [0.5, 0.6) is 5.75 Å². The largest absolute Gasteiger partial charge is 0.493 e. The quantitative estimate of drug-likeness (QED) is 0.847. The number of carbonyl (C=O) groups is 1. The van der Waals surface area contributed by atoms with E-state index in [0.717, 1.165) is 13.1 Å². The zero-order valence-corrected chi connectivity index (χ0v) is 12.6. The molecule has 2 atom stereocenters. The van der Waals surface area contributed by atoms with Gasteiger partial charge < -0.3 is 15.0 Å². The highest BCUT2D eigenvalue weighted by Crippen LogP contribution is 2.13. The second-order valence-corrected chi connectivity index (χ2v) is 5.68. The van der Waals surface area contributed by atoms with Crippen LogP contribution in [0.15, 0.2) is 24.3 Å². The molecule has 0 bridgehead atoms. The van der Waals surface area contributed by atoms with E-state index in [1.165, 1.54) is 12.1 Å². The topological polar surface area (TPSA) is 41.6 Å². The van der Waals surface area contributed by atoms with Crippen LogP contribution in [-0.2, 0) is 4.79 Å². The number of nitrogens with zero attached hydrogens (tertiary/aromatic N) is 1. The fourth-order valence-corrected chi connectivity index (χ4v) is 2.66. The Morgan fingerprint density at radius 3 is 2.76 bits per heavy atom. The summed E-state index contributed by atoms with van der Waals surface area (Å²) < 4.78 is 18.4. The Hall–Kier alpha value is -1.62. The van der Waals surface area contributed by atoms with Gasteiger partial charge in [-0.1, -0.05) is 6.07 Å². The first kappa shape index (κ1) is 15.8. The molecule has 0 radical (unpaired) electrons. The molecule has 1 amide bonds. The number of ether oxygens (including phenoxy) is 1. The number of rotatable bonds is 5. The van der Waals surface area contributed by atoms with Gasteiger partial charge >= 0.3 is 0 Å². The van der Waals surface area contributed by atoms with Crippen molar-refractivity contribution in [1.82, 2.24) is 10.2 Å². The lowest BCUT2D eigenvalue weighted by molar-refractivity contribution is -0.133. The lowest BCUT2D eigenvalue weighted by Gasteiger charge is -2.36. The maximum atomic E-state index is 13.0. The second kappa shape index (κ2) is 7.41. The molecule has 1 saturated heterocycles. The third-order valence-electron chi connectivity index (χ3n) is 3.51. The van der Waals surface area contributed by atoms with E-state index in [4.69, 9.17) is 4.74 Å². The van der Waals surface area contributed by atoms with Crippen LogP contribution in [0.3, 0.4) is 0 Å². The predicted molar refractivity (Wildman–Crippen MR) is 79.8 cm³/mol. The summed E-state index contributed by atoms with van der Waals surface area (Å²) in [7, 11) is 0. The van der Waals surface area contributed by atoms with Crippen LogP contribution in [-0.4, -0.2) is 42.6 Å². The smallest absolute Gasteiger partial charge is 0.222 e. The van der Waals surface area contributed by atoms with Crippen molar-refractivity contribution in [3.63, 3.8) is 0 Å². The van der Waals surface area contributed by atoms with Crippen molar-refractivity contribution in [1.29, 1.82) is 0 Å². The van der Waals surface area contributed by atoms with Crippen molar-refractivity contribution in [2.24, 2.45) is 0 Å². The standard InChI is InChI=1S/C16H23FN2O2/c1-12-10-19(11-13(2)18-12)16(20)7-4-8-21-15-6-3-5-14(17)9-15/h3,5-6,9,12-13,18H,4,7-8,10-11H2,1-2H3/t12-,13-/m1/s1. The van der Waals surface area contributed by atoms with Gasteiger partial charge in [0.05, 0.1) is 6.61 Å². The van der Waals surface area contributed by atoms with E-state index in [2.05, 4.69) is 19.2 Å². The summed E-state index contributed by atoms with van der Waals surface area (Å²) in [5.74, 6) is 0.359. The molecular weight excluding hydrogens is 271 g/mol. The number of amides is 1. The highest BCUT2D eigenvalue weighted by atomic mass is 19.1. The van der Waals surface area contributed by atoms with Gasteiger partial charge in [0.25, 0.3) is 0 Å². The lowest BCUT2D eigenvalue weighted by atomic mass is 10.1. The summed E-state index contributed by atoms with van der Waals surface area (Å²) >= 11 is 0. The van der Waals surface area contributed by atoms with Crippen molar-refractivity contribution in [3.8, 4) is 5.75 Å². The van der Waals surface area contributed by atoms with Crippen molar-refractivity contribution >= 4 is 5.91 Å². The van der Waals surface area contributed by atoms with Gasteiger partial charge in [-0.25, -0.2) is 4.39 Å². The number of carbonyl (C=O) groups excluding carboxylic acids is 1. The van der Waals surface area contributed by atoms with Crippen molar-refractivity contribution < 1.29 is 13.9 Å². The monoisotopic (exact) mass is 294 g/mol. The summed E-state index contributed by atoms with van der Waals surface area (Å²) in [5, 5.41) is 3.40. The van der Waals surface area contributed by atoms with E-state index in [-0.39, 0.29) is 11.7 Å². The Labute approximate surface area is 125 Å². The molecule has 1 aromatic carbocycles. The van der Waals surface area contributed by atoms with E-state index >= 15 is 0 Å². The van der Waals surface area contributed by atoms with Gasteiger partial charge in [0.1, 0.15) is 11.6 Å². The van der Waals surface area contributed by atoms with Gasteiger partial charge in [-0.15, -0.1) is 0 Å². The summed E-state index contributed by atoms with van der Waals surface area (Å²) in [6.45, 7) is 6.11. The molecular formula is C16H23FN2O2. The molecule has 21 heavy (non-hydrogen) atoms. The first-order chi connectivity index (χ1) is 10.0.